The van der Waals surface area contributed by atoms with Crippen LogP contribution in [0, 0.1) is 5.92 Å². The first kappa shape index (κ1) is 31.5. The zero-order valence-electron chi connectivity index (χ0n) is 23.3. The van der Waals surface area contributed by atoms with Crippen molar-refractivity contribution in [3.63, 3.8) is 0 Å². The highest BCUT2D eigenvalue weighted by atomic mass is 35.5. The lowest BCUT2D eigenvalue weighted by atomic mass is 9.95. The number of carboxylic acids is 1. The lowest BCUT2D eigenvalue weighted by Gasteiger charge is -2.31. The van der Waals surface area contributed by atoms with Crippen molar-refractivity contribution in [1.29, 1.82) is 0 Å². The van der Waals surface area contributed by atoms with Crippen LogP contribution in [0.25, 0.3) is 6.08 Å². The molecule has 0 aliphatic carbocycles. The largest absolute Gasteiger partial charge is 0.497 e. The van der Waals surface area contributed by atoms with Crippen molar-refractivity contribution >= 4 is 58.8 Å². The van der Waals surface area contributed by atoms with Gasteiger partial charge in [0.05, 0.1) is 29.2 Å². The van der Waals surface area contributed by atoms with Crippen LogP contribution in [0.15, 0.2) is 59.9 Å². The summed E-state index contributed by atoms with van der Waals surface area (Å²) in [6.45, 7) is 1.34. The molecule has 1 saturated heterocycles. The first-order valence-corrected chi connectivity index (χ1v) is 15.3. The molecule has 222 valence electrons. The SMILES string of the molecule is COc1ccc(Cn2cnc(CC(NC(=O)C3CCN(C(=O)/C=C/c4ccc(SC)c(Cl)c4Cl)CC3)C(=O)O)c2)cc1. The highest BCUT2D eigenvalue weighted by Gasteiger charge is 2.30. The van der Waals surface area contributed by atoms with Crippen LogP contribution in [0.2, 0.25) is 10.0 Å². The molecule has 2 amide bonds. The predicted octanol–water partition coefficient (Wildman–Crippen LogP) is 5.03. The Morgan fingerprint density at radius 1 is 1.14 bits per heavy atom. The van der Waals surface area contributed by atoms with Gasteiger partial charge >= 0.3 is 5.97 Å². The van der Waals surface area contributed by atoms with Gasteiger partial charge in [-0.2, -0.15) is 0 Å². The number of amides is 2. The van der Waals surface area contributed by atoms with E-state index in [1.807, 2.05) is 47.2 Å². The number of aliphatic carboxylic acids is 1. The number of carboxylic acid groups (broad SMARTS) is 1. The number of imidazole rings is 1. The van der Waals surface area contributed by atoms with Crippen LogP contribution < -0.4 is 10.1 Å². The lowest BCUT2D eigenvalue weighted by Crippen LogP contribution is -2.48. The summed E-state index contributed by atoms with van der Waals surface area (Å²) >= 11 is 14.1. The van der Waals surface area contributed by atoms with Gasteiger partial charge in [0, 0.05) is 49.1 Å². The van der Waals surface area contributed by atoms with Gasteiger partial charge in [-0.1, -0.05) is 41.4 Å². The normalized spacial score (nSPS) is 14.6. The number of nitrogens with zero attached hydrogens (tertiary/aromatic N) is 3. The minimum atomic E-state index is -1.13. The summed E-state index contributed by atoms with van der Waals surface area (Å²) in [7, 11) is 1.61. The maximum atomic E-state index is 13.0. The van der Waals surface area contributed by atoms with Crippen LogP contribution in [0.4, 0.5) is 0 Å². The molecule has 2 heterocycles. The molecule has 1 aromatic heterocycles. The second kappa shape index (κ2) is 14.6. The van der Waals surface area contributed by atoms with E-state index in [1.165, 1.54) is 17.8 Å². The molecule has 2 aromatic carbocycles. The van der Waals surface area contributed by atoms with E-state index in [0.717, 1.165) is 16.2 Å². The van der Waals surface area contributed by atoms with Gasteiger partial charge in [-0.15, -0.1) is 11.8 Å². The molecule has 4 rings (SSSR count). The Morgan fingerprint density at radius 3 is 2.50 bits per heavy atom. The van der Waals surface area contributed by atoms with Crippen LogP contribution in [0.3, 0.4) is 0 Å². The second-order valence-corrected chi connectivity index (χ2v) is 11.5. The number of carbonyl (C=O) groups excluding carboxylic acids is 2. The van der Waals surface area contributed by atoms with Crippen molar-refractivity contribution in [2.45, 2.75) is 36.7 Å². The predicted molar refractivity (Wildman–Crippen MR) is 164 cm³/mol. The summed E-state index contributed by atoms with van der Waals surface area (Å²) < 4.78 is 7.04. The molecule has 0 radical (unpaired) electrons. The van der Waals surface area contributed by atoms with E-state index in [9.17, 15) is 19.5 Å². The number of hydrogen-bond donors (Lipinski definition) is 2. The smallest absolute Gasteiger partial charge is 0.326 e. The van der Waals surface area contributed by atoms with Crippen molar-refractivity contribution in [3.8, 4) is 5.75 Å². The van der Waals surface area contributed by atoms with E-state index in [4.69, 9.17) is 27.9 Å². The van der Waals surface area contributed by atoms with Crippen molar-refractivity contribution in [1.82, 2.24) is 19.8 Å². The molecule has 12 heteroatoms. The summed E-state index contributed by atoms with van der Waals surface area (Å²) in [5.41, 5.74) is 2.25. The third-order valence-electron chi connectivity index (χ3n) is 7.12. The van der Waals surface area contributed by atoms with Crippen molar-refractivity contribution in [3.05, 3.63) is 81.9 Å². The quantitative estimate of drug-likeness (QED) is 0.225. The molecule has 0 spiro atoms. The fourth-order valence-electron chi connectivity index (χ4n) is 4.70. The molecular weight excluding hydrogens is 599 g/mol. The molecule has 1 atom stereocenters. The average molecular weight is 632 g/mol. The monoisotopic (exact) mass is 630 g/mol. The maximum Gasteiger partial charge on any atom is 0.326 e. The minimum Gasteiger partial charge on any atom is -0.497 e. The fraction of sp³-hybridized carbons (Fsp3) is 0.333. The van der Waals surface area contributed by atoms with Gasteiger partial charge in [-0.25, -0.2) is 9.78 Å². The van der Waals surface area contributed by atoms with E-state index in [-0.39, 0.29) is 24.2 Å². The number of nitrogens with one attached hydrogen (secondary N) is 1. The van der Waals surface area contributed by atoms with E-state index in [2.05, 4.69) is 10.3 Å². The van der Waals surface area contributed by atoms with E-state index in [0.29, 0.717) is 53.8 Å². The molecule has 3 aromatic rings. The molecule has 1 aliphatic heterocycles. The number of likely N-dealkylation sites (tertiary alicyclic amines) is 1. The van der Waals surface area contributed by atoms with Crippen molar-refractivity contribution in [2.75, 3.05) is 26.5 Å². The summed E-state index contributed by atoms with van der Waals surface area (Å²) in [5.74, 6) is -1.28. The second-order valence-electron chi connectivity index (χ2n) is 9.91. The zero-order chi connectivity index (χ0) is 30.2. The Bertz CT molecular complexity index is 1450. The van der Waals surface area contributed by atoms with E-state index < -0.39 is 12.0 Å². The Balaban J connectivity index is 1.27. The first-order valence-electron chi connectivity index (χ1n) is 13.3. The average Bonchev–Trinajstić information content (AvgIpc) is 3.44. The number of halogens is 2. The highest BCUT2D eigenvalue weighted by Crippen LogP contribution is 2.35. The van der Waals surface area contributed by atoms with Gasteiger partial charge in [0.15, 0.2) is 0 Å². The molecule has 1 aliphatic rings. The molecule has 0 bridgehead atoms. The van der Waals surface area contributed by atoms with Gasteiger partial charge < -0.3 is 24.6 Å². The lowest BCUT2D eigenvalue weighted by molar-refractivity contribution is -0.142. The Kier molecular flexibility index (Phi) is 11.0. The van der Waals surface area contributed by atoms with Crippen LogP contribution in [0.5, 0.6) is 5.75 Å². The van der Waals surface area contributed by atoms with Gasteiger partial charge in [0.2, 0.25) is 11.8 Å². The van der Waals surface area contributed by atoms with Gasteiger partial charge in [-0.05, 0) is 54.5 Å². The third kappa shape index (κ3) is 8.08. The van der Waals surface area contributed by atoms with Gasteiger partial charge in [-0.3, -0.25) is 9.59 Å². The number of ether oxygens (including phenoxy) is 1. The van der Waals surface area contributed by atoms with E-state index >= 15 is 0 Å². The molecule has 42 heavy (non-hydrogen) atoms. The first-order chi connectivity index (χ1) is 20.2. The number of piperidine rings is 1. The van der Waals surface area contributed by atoms with E-state index in [1.54, 1.807) is 30.6 Å². The molecule has 9 nitrogen and oxygen atoms in total. The number of methoxy groups -OCH3 is 1. The summed E-state index contributed by atoms with van der Waals surface area (Å²) in [4.78, 5) is 44.5. The molecular formula is C30H32Cl2N4O5S. The fourth-order valence-corrected chi connectivity index (χ4v) is 5.87. The number of thioether (sulfide) groups is 1. The minimum absolute atomic E-state index is 0.0588. The van der Waals surface area contributed by atoms with Crippen LogP contribution >= 0.6 is 35.0 Å². The number of aromatic nitrogens is 2. The standard InChI is InChI=1S/C30H32Cl2N4O5S/c1-41-23-7-3-19(4-8-23)16-35-17-22(33-18-35)15-24(30(39)40)34-29(38)21-11-13-36(14-12-21)26(37)10-6-20-5-9-25(42-2)28(32)27(20)31/h3-10,17-18,21,24H,11-16H2,1-2H3,(H,34,38)(H,39,40)/b10-6+. The summed E-state index contributed by atoms with van der Waals surface area (Å²) in [5, 5.41) is 13.3. The number of rotatable bonds is 11. The summed E-state index contributed by atoms with van der Waals surface area (Å²) in [6, 6.07) is 10.2. The molecule has 1 fully saturated rings. The Labute approximate surface area is 258 Å². The molecule has 2 N–H and O–H groups in total. The topological polar surface area (TPSA) is 114 Å². The Hall–Kier alpha value is -3.47. The Morgan fingerprint density at radius 2 is 1.86 bits per heavy atom. The maximum absolute atomic E-state index is 13.0. The zero-order valence-corrected chi connectivity index (χ0v) is 25.6. The highest BCUT2D eigenvalue weighted by molar-refractivity contribution is 7.98. The van der Waals surface area contributed by atoms with Crippen molar-refractivity contribution in [2.24, 2.45) is 5.92 Å². The number of carbonyl (C=O) groups is 3. The number of benzene rings is 2. The van der Waals surface area contributed by atoms with Crippen LogP contribution in [-0.4, -0.2) is 69.8 Å². The van der Waals surface area contributed by atoms with Crippen LogP contribution in [0.1, 0.15) is 29.7 Å². The number of hydrogen-bond acceptors (Lipinski definition) is 6. The van der Waals surface area contributed by atoms with Gasteiger partial charge in [0.1, 0.15) is 11.8 Å². The molecule has 1 unspecified atom stereocenters. The van der Waals surface area contributed by atoms with Crippen LogP contribution in [-0.2, 0) is 27.3 Å². The van der Waals surface area contributed by atoms with Gasteiger partial charge in [0.25, 0.3) is 0 Å². The third-order valence-corrected chi connectivity index (χ3v) is 8.91. The summed E-state index contributed by atoms with van der Waals surface area (Å²) in [6.07, 6.45) is 9.34. The van der Waals surface area contributed by atoms with Crippen molar-refractivity contribution < 1.29 is 24.2 Å². The molecule has 0 saturated carbocycles.